The second kappa shape index (κ2) is 9.27. The van der Waals surface area contributed by atoms with Crippen molar-refractivity contribution in [3.05, 3.63) is 58.7 Å². The summed E-state index contributed by atoms with van der Waals surface area (Å²) >= 11 is 0. The fraction of sp³-hybridized carbons (Fsp3) is 0.586. The first-order chi connectivity index (χ1) is 14.8. The smallest absolute Gasteiger partial charge is 0.0375 e. The number of hydrogen-bond donors (Lipinski definition) is 2. The third-order valence-electron chi connectivity index (χ3n) is 8.52. The second-order valence-electron chi connectivity index (χ2n) is 10.8. The van der Waals surface area contributed by atoms with Crippen molar-refractivity contribution in [2.75, 3.05) is 10.6 Å². The van der Waals surface area contributed by atoms with E-state index in [-0.39, 0.29) is 0 Å². The lowest BCUT2D eigenvalue weighted by Crippen LogP contribution is -2.28. The Morgan fingerprint density at radius 1 is 0.613 bits per heavy atom. The number of hydrogen-bond acceptors (Lipinski definition) is 2. The molecule has 0 heterocycles. The third kappa shape index (κ3) is 4.64. The average molecular weight is 419 g/mol. The summed E-state index contributed by atoms with van der Waals surface area (Å²) in [6, 6.07) is 14.8. The Bertz CT molecular complexity index is 808. The molecule has 4 unspecified atom stereocenters. The van der Waals surface area contributed by atoms with Crippen LogP contribution >= 0.6 is 0 Å². The van der Waals surface area contributed by atoms with E-state index >= 15 is 0 Å². The Morgan fingerprint density at radius 2 is 0.968 bits per heavy atom. The van der Waals surface area contributed by atoms with Crippen LogP contribution in [-0.4, -0.2) is 12.1 Å². The number of nitrogens with one attached hydrogen (secondary N) is 2. The summed E-state index contributed by atoms with van der Waals surface area (Å²) in [6.07, 6.45) is 6.36. The van der Waals surface area contributed by atoms with Gasteiger partial charge in [-0.15, -0.1) is 0 Å². The summed E-state index contributed by atoms with van der Waals surface area (Å²) in [5.41, 5.74) is 8.33. The summed E-state index contributed by atoms with van der Waals surface area (Å²) in [6.45, 7) is 14.2. The Hall–Kier alpha value is -1.96. The molecule has 0 aliphatic heterocycles. The van der Waals surface area contributed by atoms with E-state index in [1.54, 1.807) is 0 Å². The zero-order valence-corrected chi connectivity index (χ0v) is 20.5. The first-order valence-corrected chi connectivity index (χ1v) is 12.5. The van der Waals surface area contributed by atoms with Crippen molar-refractivity contribution in [1.82, 2.24) is 0 Å². The van der Waals surface area contributed by atoms with Gasteiger partial charge in [-0.3, -0.25) is 0 Å². The molecule has 2 aliphatic rings. The first kappa shape index (κ1) is 22.2. The highest BCUT2D eigenvalue weighted by atomic mass is 14.9. The fourth-order valence-electron chi connectivity index (χ4n) is 6.09. The quantitative estimate of drug-likeness (QED) is 0.505. The van der Waals surface area contributed by atoms with Gasteiger partial charge in [-0.1, -0.05) is 52.0 Å². The zero-order valence-electron chi connectivity index (χ0n) is 20.5. The Balaban J connectivity index is 1.53. The molecule has 2 fully saturated rings. The summed E-state index contributed by atoms with van der Waals surface area (Å²) in [5, 5.41) is 7.81. The van der Waals surface area contributed by atoms with E-state index in [0.29, 0.717) is 12.1 Å². The molecular formula is C29H42N2. The Kier molecular flexibility index (Phi) is 6.65. The first-order valence-electron chi connectivity index (χ1n) is 12.5. The van der Waals surface area contributed by atoms with Crippen molar-refractivity contribution in [3.63, 3.8) is 0 Å². The van der Waals surface area contributed by atoms with Crippen LogP contribution in [0.4, 0.5) is 11.4 Å². The van der Waals surface area contributed by atoms with Crippen LogP contribution in [0.1, 0.15) is 75.6 Å². The van der Waals surface area contributed by atoms with Gasteiger partial charge in [0.2, 0.25) is 0 Å². The minimum Gasteiger partial charge on any atom is -0.382 e. The van der Waals surface area contributed by atoms with E-state index in [1.807, 2.05) is 0 Å². The van der Waals surface area contributed by atoms with Gasteiger partial charge in [0.1, 0.15) is 0 Å². The van der Waals surface area contributed by atoms with Crippen LogP contribution in [0, 0.1) is 37.5 Å². The molecule has 2 aromatic carbocycles. The molecule has 4 atom stereocenters. The van der Waals surface area contributed by atoms with E-state index in [9.17, 15) is 0 Å². The monoisotopic (exact) mass is 418 g/mol. The van der Waals surface area contributed by atoms with Crippen LogP contribution in [0.5, 0.6) is 0 Å². The molecule has 2 heteroatoms. The van der Waals surface area contributed by atoms with Crippen LogP contribution in [0.15, 0.2) is 36.4 Å². The fourth-order valence-corrected chi connectivity index (χ4v) is 6.09. The number of rotatable bonds is 6. The van der Waals surface area contributed by atoms with E-state index < -0.39 is 0 Å². The van der Waals surface area contributed by atoms with Gasteiger partial charge in [0.15, 0.2) is 0 Å². The van der Waals surface area contributed by atoms with Gasteiger partial charge in [-0.2, -0.15) is 0 Å². The predicted molar refractivity (Wildman–Crippen MR) is 135 cm³/mol. The van der Waals surface area contributed by atoms with Crippen molar-refractivity contribution in [2.45, 2.75) is 85.7 Å². The van der Waals surface area contributed by atoms with Crippen molar-refractivity contribution in [3.8, 4) is 0 Å². The highest BCUT2D eigenvalue weighted by Gasteiger charge is 2.31. The minimum absolute atomic E-state index is 0.596. The van der Waals surface area contributed by atoms with Gasteiger partial charge in [0.05, 0.1) is 0 Å². The highest BCUT2D eigenvalue weighted by molar-refractivity contribution is 5.59. The van der Waals surface area contributed by atoms with Crippen LogP contribution in [-0.2, 0) is 6.42 Å². The molecule has 168 valence electrons. The van der Waals surface area contributed by atoms with Crippen molar-refractivity contribution >= 4 is 11.4 Å². The lowest BCUT2D eigenvalue weighted by Gasteiger charge is -2.26. The minimum atomic E-state index is 0.596. The SMILES string of the molecule is Cc1c(Cc2cccc(NC3C(C)CCC3C)c2C)cccc1NC1C(C)CCC1C. The van der Waals surface area contributed by atoms with Crippen molar-refractivity contribution in [2.24, 2.45) is 23.7 Å². The molecular weight excluding hydrogens is 376 g/mol. The van der Waals surface area contributed by atoms with E-state index in [2.05, 4.69) is 88.6 Å². The van der Waals surface area contributed by atoms with E-state index in [0.717, 1.165) is 30.1 Å². The van der Waals surface area contributed by atoms with E-state index in [1.165, 1.54) is 59.3 Å². The van der Waals surface area contributed by atoms with Crippen LogP contribution < -0.4 is 10.6 Å². The lowest BCUT2D eigenvalue weighted by molar-refractivity contribution is 0.487. The molecule has 2 nitrogen and oxygen atoms in total. The van der Waals surface area contributed by atoms with Gasteiger partial charge in [-0.25, -0.2) is 0 Å². The molecule has 2 saturated carbocycles. The van der Waals surface area contributed by atoms with Gasteiger partial charge in [0, 0.05) is 23.5 Å². The Morgan fingerprint density at radius 3 is 1.32 bits per heavy atom. The van der Waals surface area contributed by atoms with Gasteiger partial charge < -0.3 is 10.6 Å². The normalized spacial score (nSPS) is 30.5. The van der Waals surface area contributed by atoms with Crippen molar-refractivity contribution in [1.29, 1.82) is 0 Å². The van der Waals surface area contributed by atoms with Gasteiger partial charge in [0.25, 0.3) is 0 Å². The largest absolute Gasteiger partial charge is 0.382 e. The predicted octanol–water partition coefficient (Wildman–Crippen LogP) is 7.59. The molecule has 0 spiro atoms. The average Bonchev–Trinajstić information content (AvgIpc) is 3.23. The third-order valence-corrected chi connectivity index (χ3v) is 8.52. The van der Waals surface area contributed by atoms with Crippen LogP contribution in [0.25, 0.3) is 0 Å². The molecule has 0 saturated heterocycles. The van der Waals surface area contributed by atoms with Crippen molar-refractivity contribution < 1.29 is 0 Å². The highest BCUT2D eigenvalue weighted by Crippen LogP contribution is 2.36. The summed E-state index contributed by atoms with van der Waals surface area (Å²) in [5.74, 6) is 3.01. The molecule has 2 N–H and O–H groups in total. The number of anilines is 2. The molecule has 2 aliphatic carbocycles. The maximum Gasteiger partial charge on any atom is 0.0375 e. The number of benzene rings is 2. The summed E-state index contributed by atoms with van der Waals surface area (Å²) in [7, 11) is 0. The van der Waals surface area contributed by atoms with E-state index in [4.69, 9.17) is 0 Å². The lowest BCUT2D eigenvalue weighted by atomic mass is 9.94. The molecule has 0 bridgehead atoms. The van der Waals surface area contributed by atoms with Crippen LogP contribution in [0.3, 0.4) is 0 Å². The standard InChI is InChI=1S/C29H42N2/c1-18-13-14-19(2)28(18)30-26-11-7-9-24(22(26)5)17-25-10-8-12-27(23(25)6)31-29-20(3)15-16-21(29)4/h7-12,18-21,28-31H,13-17H2,1-6H3. The molecule has 0 radical (unpaired) electrons. The topological polar surface area (TPSA) is 24.1 Å². The molecule has 4 rings (SSSR count). The maximum absolute atomic E-state index is 3.91. The molecule has 0 amide bonds. The molecule has 2 aromatic rings. The van der Waals surface area contributed by atoms with Gasteiger partial charge in [-0.05, 0) is 104 Å². The maximum atomic E-state index is 3.91. The summed E-state index contributed by atoms with van der Waals surface area (Å²) in [4.78, 5) is 0. The van der Waals surface area contributed by atoms with Crippen LogP contribution in [0.2, 0.25) is 0 Å². The zero-order chi connectivity index (χ0) is 22.1. The second-order valence-corrected chi connectivity index (χ2v) is 10.8. The summed E-state index contributed by atoms with van der Waals surface area (Å²) < 4.78 is 0. The van der Waals surface area contributed by atoms with Gasteiger partial charge >= 0.3 is 0 Å². The molecule has 0 aromatic heterocycles. The molecule has 31 heavy (non-hydrogen) atoms. The Labute approximate surface area is 190 Å².